The number of aromatic nitrogens is 1. The standard InChI is InChI=1S/C8H10F2N2O/c1-4-6(13)2-5(3-11)7(12-4)8(9)10/h2,8,13H,3,11H2,1H3. The summed E-state index contributed by atoms with van der Waals surface area (Å²) in [5.74, 6) is -0.107. The van der Waals surface area contributed by atoms with Crippen LogP contribution in [0.4, 0.5) is 8.78 Å². The molecule has 1 aromatic heterocycles. The van der Waals surface area contributed by atoms with E-state index in [1.54, 1.807) is 0 Å². The summed E-state index contributed by atoms with van der Waals surface area (Å²) in [6.07, 6.45) is -2.65. The van der Waals surface area contributed by atoms with Crippen LogP contribution in [0.15, 0.2) is 6.07 Å². The summed E-state index contributed by atoms with van der Waals surface area (Å²) in [6, 6.07) is 1.23. The molecule has 13 heavy (non-hydrogen) atoms. The van der Waals surface area contributed by atoms with Gasteiger partial charge in [0.05, 0.1) is 5.69 Å². The zero-order chi connectivity index (χ0) is 10.0. The number of hydrogen-bond donors (Lipinski definition) is 2. The van der Waals surface area contributed by atoms with Crippen LogP contribution in [0.3, 0.4) is 0 Å². The Kier molecular flexibility index (Phi) is 2.77. The third-order valence-corrected chi connectivity index (χ3v) is 1.73. The molecule has 0 spiro atoms. The second kappa shape index (κ2) is 3.66. The average molecular weight is 188 g/mol. The van der Waals surface area contributed by atoms with Gasteiger partial charge >= 0.3 is 0 Å². The molecule has 0 aliphatic rings. The quantitative estimate of drug-likeness (QED) is 0.739. The van der Waals surface area contributed by atoms with Gasteiger partial charge in [0.25, 0.3) is 6.43 Å². The van der Waals surface area contributed by atoms with Crippen molar-refractivity contribution in [2.24, 2.45) is 5.73 Å². The molecule has 0 saturated heterocycles. The van der Waals surface area contributed by atoms with Gasteiger partial charge in [-0.1, -0.05) is 0 Å². The van der Waals surface area contributed by atoms with Gasteiger partial charge < -0.3 is 10.8 Å². The summed E-state index contributed by atoms with van der Waals surface area (Å²) in [5, 5.41) is 9.17. The first-order valence-electron chi connectivity index (χ1n) is 3.74. The lowest BCUT2D eigenvalue weighted by atomic mass is 10.1. The van der Waals surface area contributed by atoms with E-state index in [4.69, 9.17) is 5.73 Å². The molecule has 0 radical (unpaired) electrons. The highest BCUT2D eigenvalue weighted by molar-refractivity contribution is 5.34. The second-order valence-electron chi connectivity index (χ2n) is 2.64. The fourth-order valence-electron chi connectivity index (χ4n) is 1.01. The summed E-state index contributed by atoms with van der Waals surface area (Å²) in [7, 11) is 0. The number of nitrogens with two attached hydrogens (primary N) is 1. The van der Waals surface area contributed by atoms with Crippen LogP contribution in [0.1, 0.15) is 23.4 Å². The minimum Gasteiger partial charge on any atom is -0.506 e. The Bertz CT molecular complexity index is 315. The van der Waals surface area contributed by atoms with Crippen LogP contribution in [-0.4, -0.2) is 10.1 Å². The van der Waals surface area contributed by atoms with Gasteiger partial charge in [-0.3, -0.25) is 0 Å². The van der Waals surface area contributed by atoms with Gasteiger partial charge in [0.1, 0.15) is 11.4 Å². The number of aromatic hydroxyl groups is 1. The molecule has 1 rings (SSSR count). The summed E-state index contributed by atoms with van der Waals surface area (Å²) in [5.41, 5.74) is 5.24. The van der Waals surface area contributed by atoms with Crippen molar-refractivity contribution in [1.29, 1.82) is 0 Å². The molecule has 3 nitrogen and oxygen atoms in total. The van der Waals surface area contributed by atoms with Crippen molar-refractivity contribution in [2.45, 2.75) is 19.9 Å². The Morgan fingerprint density at radius 2 is 2.23 bits per heavy atom. The lowest BCUT2D eigenvalue weighted by Crippen LogP contribution is -2.05. The van der Waals surface area contributed by atoms with Crippen LogP contribution >= 0.6 is 0 Å². The Hall–Kier alpha value is -1.23. The minimum absolute atomic E-state index is 0.0550. The minimum atomic E-state index is -2.65. The monoisotopic (exact) mass is 188 g/mol. The van der Waals surface area contributed by atoms with E-state index in [0.717, 1.165) is 0 Å². The van der Waals surface area contributed by atoms with E-state index in [1.807, 2.05) is 0 Å². The third-order valence-electron chi connectivity index (χ3n) is 1.73. The van der Waals surface area contributed by atoms with E-state index in [0.29, 0.717) is 0 Å². The first-order valence-corrected chi connectivity index (χ1v) is 3.74. The molecule has 1 heterocycles. The van der Waals surface area contributed by atoms with Gasteiger partial charge in [0.2, 0.25) is 0 Å². The zero-order valence-corrected chi connectivity index (χ0v) is 7.09. The van der Waals surface area contributed by atoms with E-state index >= 15 is 0 Å². The van der Waals surface area contributed by atoms with Gasteiger partial charge in [-0.2, -0.15) is 0 Å². The molecular weight excluding hydrogens is 178 g/mol. The lowest BCUT2D eigenvalue weighted by Gasteiger charge is -2.08. The Morgan fingerprint density at radius 3 is 2.69 bits per heavy atom. The van der Waals surface area contributed by atoms with Gasteiger partial charge in [-0.15, -0.1) is 0 Å². The maximum absolute atomic E-state index is 12.3. The van der Waals surface area contributed by atoms with Gasteiger partial charge in [-0.25, -0.2) is 13.8 Å². The zero-order valence-electron chi connectivity index (χ0n) is 7.09. The molecule has 0 amide bonds. The summed E-state index contributed by atoms with van der Waals surface area (Å²) < 4.78 is 24.7. The molecule has 3 N–H and O–H groups in total. The fraction of sp³-hybridized carbons (Fsp3) is 0.375. The van der Waals surface area contributed by atoms with Crippen molar-refractivity contribution in [3.63, 3.8) is 0 Å². The van der Waals surface area contributed by atoms with E-state index < -0.39 is 6.43 Å². The maximum Gasteiger partial charge on any atom is 0.280 e. The number of alkyl halides is 2. The first-order chi connectivity index (χ1) is 6.06. The molecule has 72 valence electrons. The summed E-state index contributed by atoms with van der Waals surface area (Å²) in [6.45, 7) is 1.40. The normalized spacial score (nSPS) is 10.8. The predicted octanol–water partition coefficient (Wildman–Crippen LogP) is 1.49. The summed E-state index contributed by atoms with van der Waals surface area (Å²) >= 11 is 0. The second-order valence-corrected chi connectivity index (χ2v) is 2.64. The molecule has 0 unspecified atom stereocenters. The molecule has 0 aliphatic carbocycles. The molecule has 0 fully saturated rings. The first kappa shape index (κ1) is 9.85. The number of hydrogen-bond acceptors (Lipinski definition) is 3. The molecular formula is C8H10F2N2O. The molecule has 5 heteroatoms. The molecule has 0 bridgehead atoms. The van der Waals surface area contributed by atoms with Crippen molar-refractivity contribution in [2.75, 3.05) is 0 Å². The predicted molar refractivity (Wildman–Crippen MR) is 43.5 cm³/mol. The van der Waals surface area contributed by atoms with Crippen LogP contribution in [-0.2, 0) is 6.54 Å². The average Bonchev–Trinajstić information content (AvgIpc) is 2.08. The number of aryl methyl sites for hydroxylation is 1. The summed E-state index contributed by atoms with van der Waals surface area (Å²) in [4.78, 5) is 3.56. The lowest BCUT2D eigenvalue weighted by molar-refractivity contribution is 0.144. The molecule has 0 saturated carbocycles. The van der Waals surface area contributed by atoms with E-state index in [2.05, 4.69) is 4.98 Å². The van der Waals surface area contributed by atoms with Crippen molar-refractivity contribution in [3.05, 3.63) is 23.0 Å². The van der Waals surface area contributed by atoms with Crippen molar-refractivity contribution in [1.82, 2.24) is 4.98 Å². The van der Waals surface area contributed by atoms with Crippen molar-refractivity contribution < 1.29 is 13.9 Å². The maximum atomic E-state index is 12.3. The van der Waals surface area contributed by atoms with Gasteiger partial charge in [0.15, 0.2) is 0 Å². The SMILES string of the molecule is Cc1nc(C(F)F)c(CN)cc1O. The number of rotatable bonds is 2. The topological polar surface area (TPSA) is 59.1 Å². The Balaban J connectivity index is 3.25. The fourth-order valence-corrected chi connectivity index (χ4v) is 1.01. The molecule has 0 atom stereocenters. The highest BCUT2D eigenvalue weighted by Gasteiger charge is 2.15. The molecule has 0 aromatic carbocycles. The van der Waals surface area contributed by atoms with Crippen LogP contribution in [0.25, 0.3) is 0 Å². The van der Waals surface area contributed by atoms with E-state index in [9.17, 15) is 13.9 Å². The van der Waals surface area contributed by atoms with Gasteiger partial charge in [-0.05, 0) is 18.6 Å². The molecule has 1 aromatic rings. The van der Waals surface area contributed by atoms with Gasteiger partial charge in [0, 0.05) is 6.54 Å². The smallest absolute Gasteiger partial charge is 0.280 e. The van der Waals surface area contributed by atoms with Crippen molar-refractivity contribution in [3.8, 4) is 5.75 Å². The van der Waals surface area contributed by atoms with Crippen LogP contribution < -0.4 is 5.73 Å². The largest absolute Gasteiger partial charge is 0.506 e. The van der Waals surface area contributed by atoms with Crippen LogP contribution in [0, 0.1) is 6.92 Å². The third kappa shape index (κ3) is 1.92. The molecule has 0 aliphatic heterocycles. The van der Waals surface area contributed by atoms with Crippen LogP contribution in [0.2, 0.25) is 0 Å². The number of nitrogens with zero attached hydrogens (tertiary/aromatic N) is 1. The highest BCUT2D eigenvalue weighted by atomic mass is 19.3. The van der Waals surface area contributed by atoms with Crippen LogP contribution in [0.5, 0.6) is 5.75 Å². The Labute approximate surface area is 74.2 Å². The van der Waals surface area contributed by atoms with Crippen molar-refractivity contribution >= 4 is 0 Å². The number of halogens is 2. The highest BCUT2D eigenvalue weighted by Crippen LogP contribution is 2.25. The Morgan fingerprint density at radius 1 is 1.62 bits per heavy atom. The van der Waals surface area contributed by atoms with E-state index in [1.165, 1.54) is 13.0 Å². The number of pyridine rings is 1. The van der Waals surface area contributed by atoms with E-state index in [-0.39, 0.29) is 29.2 Å².